The lowest BCUT2D eigenvalue weighted by Gasteiger charge is -1.97. The Bertz CT molecular complexity index is 275. The van der Waals surface area contributed by atoms with E-state index >= 15 is 0 Å². The molecule has 0 radical (unpaired) electrons. The molecular weight excluding hydrogens is 166 g/mol. The van der Waals surface area contributed by atoms with E-state index in [0.717, 1.165) is 0 Å². The van der Waals surface area contributed by atoms with Gasteiger partial charge in [0, 0.05) is 6.20 Å². The maximum Gasteiger partial charge on any atom is 0.358 e. The molecule has 0 aliphatic carbocycles. The van der Waals surface area contributed by atoms with Crippen molar-refractivity contribution < 1.29 is 9.08 Å². The number of rotatable bonds is 1. The topological polar surface area (TPSA) is 39.2 Å². The third-order valence-electron chi connectivity index (χ3n) is 1.30. The number of hydrogen-bond acceptors (Lipinski definition) is 3. The molecule has 0 aromatic carbocycles. The van der Waals surface area contributed by atoms with Gasteiger partial charge in [0.05, 0.1) is 11.3 Å². The fourth-order valence-electron chi connectivity index (χ4n) is 0.742. The first kappa shape index (κ1) is 8.01. The summed E-state index contributed by atoms with van der Waals surface area (Å²) in [6.45, 7) is 1.71. The van der Waals surface area contributed by atoms with Gasteiger partial charge >= 0.3 is 5.97 Å². The Hall–Kier alpha value is -1.09. The minimum atomic E-state index is -0.572. The van der Waals surface area contributed by atoms with E-state index in [1.54, 1.807) is 25.3 Å². The van der Waals surface area contributed by atoms with Gasteiger partial charge in [0.1, 0.15) is 11.9 Å². The monoisotopic (exact) mass is 171 g/mol. The van der Waals surface area contributed by atoms with E-state index in [-0.39, 0.29) is 0 Å². The second kappa shape index (κ2) is 3.34. The lowest BCUT2D eigenvalue weighted by molar-refractivity contribution is 0.0750. The summed E-state index contributed by atoms with van der Waals surface area (Å²) in [4.78, 5) is 14.7. The number of aryl methyl sites for hydroxylation is 1. The third-order valence-corrected chi connectivity index (χ3v) is 1.44. The van der Waals surface area contributed by atoms with E-state index in [1.165, 1.54) is 0 Å². The number of aromatic nitrogens is 1. The second-order valence-corrected chi connectivity index (χ2v) is 2.16. The standard InChI is InChI=1S/C7H6ClNO2/c1-5-6(7(10)11-8)3-2-4-9-5/h2-4H,1H3. The van der Waals surface area contributed by atoms with Crippen molar-refractivity contribution in [2.75, 3.05) is 0 Å². The molecule has 58 valence electrons. The van der Waals surface area contributed by atoms with E-state index in [2.05, 4.69) is 9.27 Å². The lowest BCUT2D eigenvalue weighted by atomic mass is 10.2. The summed E-state index contributed by atoms with van der Waals surface area (Å²) in [5.74, 6) is -0.572. The fraction of sp³-hybridized carbons (Fsp3) is 0.143. The zero-order chi connectivity index (χ0) is 8.27. The van der Waals surface area contributed by atoms with Gasteiger partial charge < -0.3 is 4.29 Å². The summed E-state index contributed by atoms with van der Waals surface area (Å²) >= 11 is 4.88. The van der Waals surface area contributed by atoms with Crippen LogP contribution < -0.4 is 0 Å². The number of carbonyl (C=O) groups is 1. The van der Waals surface area contributed by atoms with Crippen LogP contribution in [-0.2, 0) is 4.29 Å². The van der Waals surface area contributed by atoms with E-state index in [0.29, 0.717) is 11.3 Å². The predicted molar refractivity (Wildman–Crippen MR) is 40.2 cm³/mol. The zero-order valence-corrected chi connectivity index (χ0v) is 6.63. The number of carbonyl (C=O) groups excluding carboxylic acids is 1. The molecule has 0 bridgehead atoms. The Morgan fingerprint density at radius 2 is 2.45 bits per heavy atom. The molecule has 0 atom stereocenters. The van der Waals surface area contributed by atoms with Crippen molar-refractivity contribution in [1.82, 2.24) is 4.98 Å². The predicted octanol–water partition coefficient (Wildman–Crippen LogP) is 1.70. The van der Waals surface area contributed by atoms with Gasteiger partial charge in [-0.3, -0.25) is 4.98 Å². The van der Waals surface area contributed by atoms with Gasteiger partial charge in [-0.25, -0.2) is 4.79 Å². The van der Waals surface area contributed by atoms with Crippen LogP contribution in [0.15, 0.2) is 18.3 Å². The van der Waals surface area contributed by atoms with Crippen LogP contribution in [0.2, 0.25) is 0 Å². The summed E-state index contributed by atoms with van der Waals surface area (Å²) < 4.78 is 4.01. The van der Waals surface area contributed by atoms with E-state index in [1.807, 2.05) is 0 Å². The maximum atomic E-state index is 10.8. The fourth-order valence-corrected chi connectivity index (χ4v) is 0.825. The molecule has 0 saturated carbocycles. The molecule has 0 spiro atoms. The van der Waals surface area contributed by atoms with Gasteiger partial charge in [0.2, 0.25) is 0 Å². The largest absolute Gasteiger partial charge is 0.358 e. The Labute approximate surface area is 69.1 Å². The minimum Gasteiger partial charge on any atom is -0.343 e. The zero-order valence-electron chi connectivity index (χ0n) is 5.87. The van der Waals surface area contributed by atoms with E-state index in [4.69, 9.17) is 11.9 Å². The summed E-state index contributed by atoms with van der Waals surface area (Å²) in [6.07, 6.45) is 1.60. The number of hydrogen-bond donors (Lipinski definition) is 0. The quantitative estimate of drug-likeness (QED) is 0.646. The van der Waals surface area contributed by atoms with Crippen molar-refractivity contribution >= 4 is 17.8 Å². The molecule has 11 heavy (non-hydrogen) atoms. The Morgan fingerprint density at radius 3 is 3.00 bits per heavy atom. The highest BCUT2D eigenvalue weighted by molar-refractivity contribution is 6.15. The molecule has 1 aromatic rings. The molecular formula is C7H6ClNO2. The molecule has 1 aromatic heterocycles. The van der Waals surface area contributed by atoms with Crippen molar-refractivity contribution in [3.05, 3.63) is 29.6 Å². The van der Waals surface area contributed by atoms with Crippen LogP contribution in [0.4, 0.5) is 0 Å². The molecule has 0 aliphatic heterocycles. The Balaban J connectivity index is 3.03. The maximum absolute atomic E-state index is 10.8. The molecule has 0 fully saturated rings. The first-order valence-corrected chi connectivity index (χ1v) is 3.31. The van der Waals surface area contributed by atoms with Crippen molar-refractivity contribution in [2.45, 2.75) is 6.92 Å². The van der Waals surface area contributed by atoms with Crippen LogP contribution in [0.3, 0.4) is 0 Å². The van der Waals surface area contributed by atoms with Crippen LogP contribution in [0.1, 0.15) is 16.1 Å². The minimum absolute atomic E-state index is 0.391. The van der Waals surface area contributed by atoms with Gasteiger partial charge in [-0.05, 0) is 19.1 Å². The Kier molecular flexibility index (Phi) is 2.44. The smallest absolute Gasteiger partial charge is 0.343 e. The average Bonchev–Trinajstić information content (AvgIpc) is 2.04. The van der Waals surface area contributed by atoms with Crippen molar-refractivity contribution in [1.29, 1.82) is 0 Å². The molecule has 1 rings (SSSR count). The van der Waals surface area contributed by atoms with Crippen LogP contribution in [0.25, 0.3) is 0 Å². The highest BCUT2D eigenvalue weighted by Crippen LogP contribution is 2.05. The molecule has 0 N–H and O–H groups in total. The average molecular weight is 172 g/mol. The molecule has 3 nitrogen and oxygen atoms in total. The van der Waals surface area contributed by atoms with Crippen molar-refractivity contribution in [3.8, 4) is 0 Å². The highest BCUT2D eigenvalue weighted by Gasteiger charge is 2.08. The van der Waals surface area contributed by atoms with Crippen LogP contribution in [0.5, 0.6) is 0 Å². The summed E-state index contributed by atoms with van der Waals surface area (Å²) in [7, 11) is 0. The molecule has 0 unspecified atom stereocenters. The molecule has 0 aliphatic rings. The lowest BCUT2D eigenvalue weighted by Crippen LogP contribution is -2.01. The number of halogens is 1. The van der Waals surface area contributed by atoms with Crippen molar-refractivity contribution in [3.63, 3.8) is 0 Å². The molecule has 0 amide bonds. The van der Waals surface area contributed by atoms with E-state index < -0.39 is 5.97 Å². The van der Waals surface area contributed by atoms with Gasteiger partial charge in [-0.1, -0.05) is 0 Å². The molecule has 0 saturated heterocycles. The number of pyridine rings is 1. The summed E-state index contributed by atoms with van der Waals surface area (Å²) in [5.41, 5.74) is 1.00. The van der Waals surface area contributed by atoms with Gasteiger partial charge in [0.25, 0.3) is 0 Å². The van der Waals surface area contributed by atoms with Crippen LogP contribution in [-0.4, -0.2) is 11.0 Å². The van der Waals surface area contributed by atoms with Gasteiger partial charge in [-0.15, -0.1) is 0 Å². The van der Waals surface area contributed by atoms with Crippen molar-refractivity contribution in [2.24, 2.45) is 0 Å². The Morgan fingerprint density at radius 1 is 1.73 bits per heavy atom. The molecule has 1 heterocycles. The van der Waals surface area contributed by atoms with E-state index in [9.17, 15) is 4.79 Å². The van der Waals surface area contributed by atoms with Crippen LogP contribution in [0, 0.1) is 6.92 Å². The highest BCUT2D eigenvalue weighted by atomic mass is 35.5. The first-order chi connectivity index (χ1) is 5.25. The third kappa shape index (κ3) is 1.68. The molecule has 4 heteroatoms. The van der Waals surface area contributed by atoms with Crippen LogP contribution >= 0.6 is 11.9 Å². The summed E-state index contributed by atoms with van der Waals surface area (Å²) in [6, 6.07) is 3.25. The van der Waals surface area contributed by atoms with Gasteiger partial charge in [0.15, 0.2) is 0 Å². The SMILES string of the molecule is Cc1ncccc1C(=O)OCl. The van der Waals surface area contributed by atoms with Gasteiger partial charge in [-0.2, -0.15) is 0 Å². The number of nitrogens with zero attached hydrogens (tertiary/aromatic N) is 1. The summed E-state index contributed by atoms with van der Waals surface area (Å²) in [5, 5.41) is 0. The normalized spacial score (nSPS) is 9.27. The first-order valence-electron chi connectivity index (χ1n) is 3.00. The second-order valence-electron chi connectivity index (χ2n) is 2.00.